The molecule has 0 aromatic rings. The second-order valence-electron chi connectivity index (χ2n) is 5.51. The summed E-state index contributed by atoms with van der Waals surface area (Å²) in [4.78, 5) is 0. The van der Waals surface area contributed by atoms with Crippen molar-refractivity contribution in [1.29, 1.82) is 0 Å². The molecule has 0 aromatic carbocycles. The molecule has 33 heavy (non-hydrogen) atoms. The summed E-state index contributed by atoms with van der Waals surface area (Å²) in [6, 6.07) is 0. The molecule has 0 spiro atoms. The van der Waals surface area contributed by atoms with Crippen molar-refractivity contribution in [3.63, 3.8) is 0 Å². The second kappa shape index (κ2) is 8.11. The predicted molar refractivity (Wildman–Crippen MR) is 64.3 cm³/mol. The SMILES string of the molecule is O=S(=O)(O)C(F)(F)C(F)(F)C(F)(F)C(F)(F)C(F)(F)C(F)(F)C(F)(F)C(F)(F)C(F)(F)F.[LiH]. The first-order valence-corrected chi connectivity index (χ1v) is 7.75. The summed E-state index contributed by atoms with van der Waals surface area (Å²) in [7, 11) is -8.00. The first-order chi connectivity index (χ1) is 13.2. The van der Waals surface area contributed by atoms with Crippen molar-refractivity contribution < 1.29 is 96.4 Å². The van der Waals surface area contributed by atoms with Gasteiger partial charge < -0.3 is 0 Å². The van der Waals surface area contributed by atoms with Crippen LogP contribution in [0.25, 0.3) is 0 Å². The molecule has 0 atom stereocenters. The predicted octanol–water partition coefficient (Wildman–Crippen LogP) is 4.83. The van der Waals surface area contributed by atoms with Gasteiger partial charge in [0.1, 0.15) is 0 Å². The molecule has 0 aliphatic rings. The van der Waals surface area contributed by atoms with Crippen LogP contribution in [0.4, 0.5) is 83.4 Å². The molecular formula is C9H2F19LiO3S. The van der Waals surface area contributed by atoms with Crippen molar-refractivity contribution >= 4 is 29.0 Å². The molecule has 196 valence electrons. The van der Waals surface area contributed by atoms with Crippen LogP contribution in [0.1, 0.15) is 0 Å². The van der Waals surface area contributed by atoms with E-state index in [-0.39, 0.29) is 18.9 Å². The van der Waals surface area contributed by atoms with Gasteiger partial charge in [-0.25, -0.2) is 0 Å². The van der Waals surface area contributed by atoms with Gasteiger partial charge in [-0.3, -0.25) is 4.55 Å². The van der Waals surface area contributed by atoms with Crippen LogP contribution in [0.5, 0.6) is 0 Å². The first-order valence-electron chi connectivity index (χ1n) is 6.31. The van der Waals surface area contributed by atoms with Crippen molar-refractivity contribution in [2.75, 3.05) is 0 Å². The van der Waals surface area contributed by atoms with Crippen LogP contribution in [0.2, 0.25) is 0 Å². The number of rotatable bonds is 8. The molecule has 24 heteroatoms. The standard InChI is InChI=1S/C9HF19O3S.Li.H/c10-1(11,2(12,13)4(16,17)6(20,21)8(24,25)26)3(14,15)5(18,19)7(22,23)9(27,28)32(29,30)31;;/h(H,29,30,31);;. The second-order valence-corrected chi connectivity index (χ2v) is 6.97. The Hall–Kier alpha value is -0.823. The summed E-state index contributed by atoms with van der Waals surface area (Å²) >= 11 is 0. The fraction of sp³-hybridized carbons (Fsp3) is 1.00. The third-order valence-electron chi connectivity index (χ3n) is 3.41. The summed E-state index contributed by atoms with van der Waals surface area (Å²) < 4.78 is 270. The van der Waals surface area contributed by atoms with E-state index in [4.69, 9.17) is 4.55 Å². The van der Waals surface area contributed by atoms with Crippen molar-refractivity contribution in [2.45, 2.75) is 52.9 Å². The van der Waals surface area contributed by atoms with Gasteiger partial charge in [-0.2, -0.15) is 91.8 Å². The summed E-state index contributed by atoms with van der Waals surface area (Å²) in [6.07, 6.45) is -7.99. The molecule has 0 saturated carbocycles. The minimum absolute atomic E-state index is 0. The van der Waals surface area contributed by atoms with Crippen molar-refractivity contribution in [1.82, 2.24) is 0 Å². The molecule has 0 radical (unpaired) electrons. The fourth-order valence-electron chi connectivity index (χ4n) is 1.51. The molecule has 0 aliphatic heterocycles. The van der Waals surface area contributed by atoms with Gasteiger partial charge in [-0.05, 0) is 0 Å². The maximum atomic E-state index is 13.2. The Morgan fingerprint density at radius 3 is 0.758 bits per heavy atom. The minimum atomic E-state index is -9.15. The molecule has 0 heterocycles. The Morgan fingerprint density at radius 1 is 0.394 bits per heavy atom. The number of hydrogen-bond donors (Lipinski definition) is 1. The molecule has 0 unspecified atom stereocenters. The van der Waals surface area contributed by atoms with Crippen LogP contribution >= 0.6 is 0 Å². The van der Waals surface area contributed by atoms with Crippen LogP contribution < -0.4 is 0 Å². The summed E-state index contributed by atoms with van der Waals surface area (Å²) in [6.45, 7) is 0. The zero-order valence-electron chi connectivity index (χ0n) is 13.4. The van der Waals surface area contributed by atoms with Crippen LogP contribution in [-0.2, 0) is 10.1 Å². The molecule has 0 amide bonds. The zero-order valence-corrected chi connectivity index (χ0v) is 14.2. The Kier molecular flexibility index (Phi) is 8.44. The van der Waals surface area contributed by atoms with Crippen LogP contribution in [-0.4, -0.2) is 84.7 Å². The maximum absolute atomic E-state index is 13.2. The molecule has 1 N–H and O–H groups in total. The van der Waals surface area contributed by atoms with Gasteiger partial charge in [0.15, 0.2) is 0 Å². The first kappa shape index (κ1) is 34.3. The van der Waals surface area contributed by atoms with E-state index >= 15 is 0 Å². The van der Waals surface area contributed by atoms with Crippen molar-refractivity contribution in [2.24, 2.45) is 0 Å². The van der Waals surface area contributed by atoms with Crippen molar-refractivity contribution in [3.8, 4) is 0 Å². The van der Waals surface area contributed by atoms with Crippen LogP contribution in [0.15, 0.2) is 0 Å². The molecule has 0 aliphatic carbocycles. The van der Waals surface area contributed by atoms with E-state index in [1.54, 1.807) is 0 Å². The third kappa shape index (κ3) is 4.13. The summed E-state index contributed by atoms with van der Waals surface area (Å²) in [5.41, 5.74) is 0. The Bertz CT molecular complexity index is 828. The van der Waals surface area contributed by atoms with Crippen LogP contribution in [0, 0.1) is 0 Å². The number of hydrogen-bond acceptors (Lipinski definition) is 2. The average molecular weight is 558 g/mol. The molecule has 0 bridgehead atoms. The molecule has 0 rings (SSSR count). The molecular weight excluding hydrogens is 556 g/mol. The average Bonchev–Trinajstić information content (AvgIpc) is 2.51. The molecule has 0 aromatic heterocycles. The Labute approximate surface area is 179 Å². The van der Waals surface area contributed by atoms with E-state index in [9.17, 15) is 91.8 Å². The number of halogens is 19. The number of alkyl halides is 19. The normalized spacial score (nSPS) is 16.5. The monoisotopic (exact) mass is 558 g/mol. The van der Waals surface area contributed by atoms with E-state index in [0.717, 1.165) is 0 Å². The van der Waals surface area contributed by atoms with E-state index in [1.807, 2.05) is 0 Å². The topological polar surface area (TPSA) is 54.4 Å². The fourth-order valence-corrected chi connectivity index (χ4v) is 1.96. The van der Waals surface area contributed by atoms with Gasteiger partial charge >= 0.3 is 81.9 Å². The van der Waals surface area contributed by atoms with E-state index in [0.29, 0.717) is 0 Å². The van der Waals surface area contributed by atoms with Gasteiger partial charge in [0.05, 0.1) is 0 Å². The molecule has 3 nitrogen and oxygen atoms in total. The van der Waals surface area contributed by atoms with Crippen molar-refractivity contribution in [3.05, 3.63) is 0 Å². The Balaban J connectivity index is 0. The van der Waals surface area contributed by atoms with Gasteiger partial charge in [-0.15, -0.1) is 0 Å². The van der Waals surface area contributed by atoms with Gasteiger partial charge in [0.2, 0.25) is 0 Å². The third-order valence-corrected chi connectivity index (χ3v) is 4.32. The van der Waals surface area contributed by atoms with Gasteiger partial charge in [-0.1, -0.05) is 0 Å². The molecule has 0 saturated heterocycles. The van der Waals surface area contributed by atoms with E-state index in [2.05, 4.69) is 0 Å². The van der Waals surface area contributed by atoms with Gasteiger partial charge in [0, 0.05) is 0 Å². The van der Waals surface area contributed by atoms with E-state index < -0.39 is 63.0 Å². The quantitative estimate of drug-likeness (QED) is 0.264. The summed E-state index contributed by atoms with van der Waals surface area (Å²) in [5.74, 6) is -62.2. The van der Waals surface area contributed by atoms with Crippen LogP contribution in [0.3, 0.4) is 0 Å². The van der Waals surface area contributed by atoms with E-state index in [1.165, 1.54) is 0 Å². The molecule has 0 fully saturated rings. The summed E-state index contributed by atoms with van der Waals surface area (Å²) in [5, 5.41) is -7.96. The zero-order chi connectivity index (χ0) is 27.0. The Morgan fingerprint density at radius 2 is 0.576 bits per heavy atom. The van der Waals surface area contributed by atoms with Gasteiger partial charge in [0.25, 0.3) is 0 Å².